The fraction of sp³-hybridized carbons (Fsp3) is 0.909. The molecule has 0 radical (unpaired) electrons. The highest BCUT2D eigenvalue weighted by molar-refractivity contribution is 7.80. The standard InChI is InChI=1S/C11H22N2OS/c1-10(2)11(14)13-7-5-12(6-8-13)4-3-9-15/h10,15H,3-9H2,1-2H3. The molecule has 0 saturated carbocycles. The topological polar surface area (TPSA) is 23.6 Å². The van der Waals surface area contributed by atoms with Gasteiger partial charge in [0.15, 0.2) is 0 Å². The molecule has 4 heteroatoms. The molecule has 0 aromatic rings. The van der Waals surface area contributed by atoms with E-state index >= 15 is 0 Å². The summed E-state index contributed by atoms with van der Waals surface area (Å²) in [5, 5.41) is 0. The van der Waals surface area contributed by atoms with E-state index < -0.39 is 0 Å². The predicted molar refractivity (Wildman–Crippen MR) is 66.3 cm³/mol. The number of carbonyl (C=O) groups is 1. The quantitative estimate of drug-likeness (QED) is 0.731. The van der Waals surface area contributed by atoms with Gasteiger partial charge in [-0.05, 0) is 18.7 Å². The maximum Gasteiger partial charge on any atom is 0.225 e. The summed E-state index contributed by atoms with van der Waals surface area (Å²) in [4.78, 5) is 16.1. The second-order valence-corrected chi connectivity index (χ2v) is 4.85. The average Bonchev–Trinajstić information content (AvgIpc) is 2.26. The zero-order valence-electron chi connectivity index (χ0n) is 9.78. The number of carbonyl (C=O) groups excluding carboxylic acids is 1. The molecule has 0 spiro atoms. The number of rotatable bonds is 4. The Labute approximate surface area is 98.2 Å². The van der Waals surface area contributed by atoms with Crippen LogP contribution in [0.4, 0.5) is 0 Å². The molecule has 0 N–H and O–H groups in total. The summed E-state index contributed by atoms with van der Waals surface area (Å²) in [6.45, 7) is 8.88. The second kappa shape index (κ2) is 6.38. The van der Waals surface area contributed by atoms with E-state index in [2.05, 4.69) is 17.5 Å². The summed E-state index contributed by atoms with van der Waals surface area (Å²) in [5.41, 5.74) is 0. The van der Waals surface area contributed by atoms with Crippen LogP contribution in [0.5, 0.6) is 0 Å². The van der Waals surface area contributed by atoms with Crippen molar-refractivity contribution in [3.63, 3.8) is 0 Å². The van der Waals surface area contributed by atoms with Gasteiger partial charge in [-0.25, -0.2) is 0 Å². The van der Waals surface area contributed by atoms with Gasteiger partial charge in [0.1, 0.15) is 0 Å². The van der Waals surface area contributed by atoms with E-state index in [4.69, 9.17) is 0 Å². The number of nitrogens with zero attached hydrogens (tertiary/aromatic N) is 2. The highest BCUT2D eigenvalue weighted by Crippen LogP contribution is 2.07. The SMILES string of the molecule is CC(C)C(=O)N1CCN(CCCS)CC1. The third-order valence-corrected chi connectivity index (χ3v) is 3.13. The van der Waals surface area contributed by atoms with E-state index in [-0.39, 0.29) is 5.92 Å². The fourth-order valence-electron chi connectivity index (χ4n) is 1.85. The number of hydrogen-bond donors (Lipinski definition) is 1. The van der Waals surface area contributed by atoms with Crippen LogP contribution in [-0.2, 0) is 4.79 Å². The Kier molecular flexibility index (Phi) is 5.47. The van der Waals surface area contributed by atoms with E-state index in [0.29, 0.717) is 5.91 Å². The molecule has 1 heterocycles. The molecule has 15 heavy (non-hydrogen) atoms. The van der Waals surface area contributed by atoms with Gasteiger partial charge >= 0.3 is 0 Å². The summed E-state index contributed by atoms with van der Waals surface area (Å²) in [5.74, 6) is 1.38. The first-order chi connectivity index (χ1) is 7.15. The maximum atomic E-state index is 11.7. The minimum atomic E-state index is 0.133. The van der Waals surface area contributed by atoms with Gasteiger partial charge in [0.2, 0.25) is 5.91 Å². The molecular formula is C11H22N2OS. The Morgan fingerprint density at radius 2 is 1.87 bits per heavy atom. The Hall–Kier alpha value is -0.220. The van der Waals surface area contributed by atoms with E-state index in [1.165, 1.54) is 0 Å². The van der Waals surface area contributed by atoms with Crippen molar-refractivity contribution in [2.75, 3.05) is 38.5 Å². The van der Waals surface area contributed by atoms with Crippen molar-refractivity contribution >= 4 is 18.5 Å². The minimum Gasteiger partial charge on any atom is -0.340 e. The number of amides is 1. The number of thiol groups is 1. The van der Waals surface area contributed by atoms with Crippen molar-refractivity contribution in [1.82, 2.24) is 9.80 Å². The highest BCUT2D eigenvalue weighted by Gasteiger charge is 2.22. The van der Waals surface area contributed by atoms with Crippen LogP contribution in [0.15, 0.2) is 0 Å². The van der Waals surface area contributed by atoms with Crippen LogP contribution in [-0.4, -0.2) is 54.2 Å². The molecule has 0 unspecified atom stereocenters. The Morgan fingerprint density at radius 1 is 1.27 bits per heavy atom. The van der Waals surface area contributed by atoms with E-state index in [1.807, 2.05) is 18.7 Å². The molecule has 1 aliphatic heterocycles. The lowest BCUT2D eigenvalue weighted by Gasteiger charge is -2.35. The molecule has 1 amide bonds. The summed E-state index contributed by atoms with van der Waals surface area (Å²) < 4.78 is 0. The van der Waals surface area contributed by atoms with Gasteiger partial charge in [-0.2, -0.15) is 12.6 Å². The maximum absolute atomic E-state index is 11.7. The molecular weight excluding hydrogens is 208 g/mol. The van der Waals surface area contributed by atoms with Crippen molar-refractivity contribution in [2.24, 2.45) is 5.92 Å². The Morgan fingerprint density at radius 3 is 2.33 bits per heavy atom. The van der Waals surface area contributed by atoms with Crippen LogP contribution in [0.1, 0.15) is 20.3 Å². The molecule has 1 rings (SSSR count). The molecule has 3 nitrogen and oxygen atoms in total. The van der Waals surface area contributed by atoms with Crippen LogP contribution < -0.4 is 0 Å². The van der Waals surface area contributed by atoms with Gasteiger partial charge in [-0.15, -0.1) is 0 Å². The number of piperazine rings is 1. The minimum absolute atomic E-state index is 0.133. The van der Waals surface area contributed by atoms with E-state index in [9.17, 15) is 4.79 Å². The zero-order chi connectivity index (χ0) is 11.3. The van der Waals surface area contributed by atoms with Gasteiger partial charge in [-0.1, -0.05) is 13.8 Å². The zero-order valence-corrected chi connectivity index (χ0v) is 10.7. The van der Waals surface area contributed by atoms with Gasteiger partial charge in [0.25, 0.3) is 0 Å². The first-order valence-corrected chi connectivity index (χ1v) is 6.40. The summed E-state index contributed by atoms with van der Waals surface area (Å²) in [6.07, 6.45) is 1.14. The van der Waals surface area contributed by atoms with Gasteiger partial charge < -0.3 is 4.90 Å². The highest BCUT2D eigenvalue weighted by atomic mass is 32.1. The van der Waals surface area contributed by atoms with E-state index in [1.54, 1.807) is 0 Å². The van der Waals surface area contributed by atoms with E-state index in [0.717, 1.165) is 44.9 Å². The second-order valence-electron chi connectivity index (χ2n) is 4.40. The van der Waals surface area contributed by atoms with Gasteiger partial charge in [-0.3, -0.25) is 9.69 Å². The van der Waals surface area contributed by atoms with Crippen molar-refractivity contribution in [1.29, 1.82) is 0 Å². The smallest absolute Gasteiger partial charge is 0.225 e. The molecule has 0 aromatic carbocycles. The molecule has 1 aliphatic rings. The van der Waals surface area contributed by atoms with Crippen LogP contribution in [0.2, 0.25) is 0 Å². The first kappa shape index (κ1) is 12.8. The lowest BCUT2D eigenvalue weighted by atomic mass is 10.1. The number of hydrogen-bond acceptors (Lipinski definition) is 3. The molecule has 0 aliphatic carbocycles. The average molecular weight is 230 g/mol. The van der Waals surface area contributed by atoms with Crippen molar-refractivity contribution in [3.8, 4) is 0 Å². The third kappa shape index (κ3) is 4.03. The Bertz CT molecular complexity index is 201. The first-order valence-electron chi connectivity index (χ1n) is 5.77. The third-order valence-electron chi connectivity index (χ3n) is 2.81. The van der Waals surface area contributed by atoms with Crippen LogP contribution in [0, 0.1) is 5.92 Å². The Balaban J connectivity index is 2.26. The molecule has 1 saturated heterocycles. The van der Waals surface area contributed by atoms with Crippen LogP contribution >= 0.6 is 12.6 Å². The summed E-state index contributed by atoms with van der Waals surface area (Å²) >= 11 is 4.21. The van der Waals surface area contributed by atoms with Crippen LogP contribution in [0.3, 0.4) is 0 Å². The lowest BCUT2D eigenvalue weighted by Crippen LogP contribution is -2.49. The van der Waals surface area contributed by atoms with Gasteiger partial charge in [0, 0.05) is 32.1 Å². The molecule has 0 aromatic heterocycles. The van der Waals surface area contributed by atoms with Crippen molar-refractivity contribution in [3.05, 3.63) is 0 Å². The summed E-state index contributed by atoms with van der Waals surface area (Å²) in [6, 6.07) is 0. The summed E-state index contributed by atoms with van der Waals surface area (Å²) in [7, 11) is 0. The molecule has 88 valence electrons. The van der Waals surface area contributed by atoms with Gasteiger partial charge in [0.05, 0.1) is 0 Å². The fourth-order valence-corrected chi connectivity index (χ4v) is 1.99. The predicted octanol–water partition coefficient (Wildman–Crippen LogP) is 1.11. The molecule has 0 atom stereocenters. The normalized spacial score (nSPS) is 18.5. The molecule has 0 bridgehead atoms. The monoisotopic (exact) mass is 230 g/mol. The van der Waals surface area contributed by atoms with Crippen molar-refractivity contribution < 1.29 is 4.79 Å². The molecule has 1 fully saturated rings. The lowest BCUT2D eigenvalue weighted by molar-refractivity contribution is -0.136. The van der Waals surface area contributed by atoms with Crippen LogP contribution in [0.25, 0.3) is 0 Å². The van der Waals surface area contributed by atoms with Crippen molar-refractivity contribution in [2.45, 2.75) is 20.3 Å². The largest absolute Gasteiger partial charge is 0.340 e.